The van der Waals surface area contributed by atoms with Gasteiger partial charge in [0.05, 0.1) is 24.2 Å². The Morgan fingerprint density at radius 2 is 1.91 bits per heavy atom. The van der Waals surface area contributed by atoms with E-state index in [9.17, 15) is 19.7 Å². The van der Waals surface area contributed by atoms with Crippen LogP contribution < -0.4 is 10.9 Å². The number of rotatable bonds is 7. The van der Waals surface area contributed by atoms with Gasteiger partial charge in [0.15, 0.2) is 5.65 Å². The highest BCUT2D eigenvalue weighted by Gasteiger charge is 2.16. The second-order valence-electron chi connectivity index (χ2n) is 7.09. The third-order valence-electron chi connectivity index (χ3n) is 4.90. The molecule has 2 heterocycles. The summed E-state index contributed by atoms with van der Waals surface area (Å²) < 4.78 is 2.99. The summed E-state index contributed by atoms with van der Waals surface area (Å²) in [5.74, 6) is -0.496. The zero-order valence-corrected chi connectivity index (χ0v) is 18.5. The van der Waals surface area contributed by atoms with Crippen molar-refractivity contribution in [3.63, 3.8) is 0 Å². The van der Waals surface area contributed by atoms with Crippen LogP contribution in [0.5, 0.6) is 0 Å². The van der Waals surface area contributed by atoms with Gasteiger partial charge in [-0.25, -0.2) is 9.67 Å². The van der Waals surface area contributed by atoms with Crippen LogP contribution in [0, 0.1) is 10.1 Å². The minimum absolute atomic E-state index is 0.0487. The van der Waals surface area contributed by atoms with Crippen molar-refractivity contribution in [3.05, 3.63) is 96.6 Å². The maximum atomic E-state index is 12.8. The van der Waals surface area contributed by atoms with Gasteiger partial charge in [-0.05, 0) is 29.8 Å². The second-order valence-corrected chi connectivity index (χ2v) is 7.93. The van der Waals surface area contributed by atoms with E-state index in [0.717, 1.165) is 11.6 Å². The maximum absolute atomic E-state index is 12.8. The van der Waals surface area contributed by atoms with Crippen molar-refractivity contribution in [1.82, 2.24) is 24.6 Å². The largest absolute Gasteiger partial charge is 0.350 e. The number of aromatic nitrogens is 4. The van der Waals surface area contributed by atoms with Crippen molar-refractivity contribution < 1.29 is 9.72 Å². The lowest BCUT2D eigenvalue weighted by atomic mass is 10.2. The molecule has 0 saturated carbocycles. The Hall–Kier alpha value is -3.76. The number of nitro groups is 1. The van der Waals surface area contributed by atoms with Gasteiger partial charge in [0.2, 0.25) is 0 Å². The topological polar surface area (TPSA) is 125 Å². The first-order valence-corrected chi connectivity index (χ1v) is 10.5. The van der Waals surface area contributed by atoms with Gasteiger partial charge < -0.3 is 5.32 Å². The summed E-state index contributed by atoms with van der Waals surface area (Å²) >= 11 is 11.7. The molecule has 0 saturated heterocycles. The van der Waals surface area contributed by atoms with Crippen LogP contribution in [0.1, 0.15) is 15.9 Å². The Kier molecular flexibility index (Phi) is 6.38. The molecule has 12 heteroatoms. The average Bonchev–Trinajstić information content (AvgIpc) is 3.21. The van der Waals surface area contributed by atoms with Crippen LogP contribution in [-0.4, -0.2) is 36.7 Å². The number of halogens is 2. The van der Waals surface area contributed by atoms with Crippen molar-refractivity contribution in [2.24, 2.45) is 0 Å². The quantitative estimate of drug-likeness (QED) is 0.315. The highest BCUT2D eigenvalue weighted by Crippen LogP contribution is 2.25. The Morgan fingerprint density at radius 3 is 2.64 bits per heavy atom. The average molecular weight is 487 g/mol. The molecule has 1 N–H and O–H groups in total. The maximum Gasteiger partial charge on any atom is 0.288 e. The molecule has 2 aromatic carbocycles. The summed E-state index contributed by atoms with van der Waals surface area (Å²) in [7, 11) is 0. The second kappa shape index (κ2) is 9.39. The van der Waals surface area contributed by atoms with Crippen molar-refractivity contribution in [2.45, 2.75) is 13.1 Å². The van der Waals surface area contributed by atoms with Gasteiger partial charge in [0.1, 0.15) is 16.7 Å². The summed E-state index contributed by atoms with van der Waals surface area (Å²) in [5, 5.41) is 18.8. The van der Waals surface area contributed by atoms with E-state index in [2.05, 4.69) is 15.4 Å². The molecule has 0 atom stereocenters. The fourth-order valence-corrected chi connectivity index (χ4v) is 3.54. The van der Waals surface area contributed by atoms with E-state index in [0.29, 0.717) is 22.6 Å². The molecule has 0 unspecified atom stereocenters. The Labute approximate surface area is 196 Å². The number of nitro benzene ring substituents is 1. The molecule has 0 bridgehead atoms. The first-order valence-electron chi connectivity index (χ1n) is 9.71. The molecule has 0 aliphatic heterocycles. The summed E-state index contributed by atoms with van der Waals surface area (Å²) in [4.78, 5) is 39.8. The van der Waals surface area contributed by atoms with E-state index in [1.54, 1.807) is 12.1 Å². The van der Waals surface area contributed by atoms with Crippen LogP contribution in [0.2, 0.25) is 10.0 Å². The van der Waals surface area contributed by atoms with Gasteiger partial charge in [0, 0.05) is 23.2 Å². The first-order chi connectivity index (χ1) is 15.8. The van der Waals surface area contributed by atoms with Gasteiger partial charge in [-0.2, -0.15) is 5.10 Å². The van der Waals surface area contributed by atoms with Crippen LogP contribution in [0.4, 0.5) is 5.69 Å². The molecule has 0 aliphatic carbocycles. The Balaban J connectivity index is 1.44. The number of fused-ring (bicyclic) bond motifs is 1. The standard InChI is InChI=1S/C21H16Cl2N6O4/c22-15-4-1-13(2-5-15)11-27-12-25-19-16(21(27)31)10-26-28(19)8-7-24-20(30)14-3-6-17(23)18(9-14)29(32)33/h1-6,9-10,12H,7-8,11H2,(H,24,30). The highest BCUT2D eigenvalue weighted by molar-refractivity contribution is 6.32. The fourth-order valence-electron chi connectivity index (χ4n) is 3.23. The lowest BCUT2D eigenvalue weighted by Crippen LogP contribution is -2.28. The molecule has 0 spiro atoms. The van der Waals surface area contributed by atoms with Crippen LogP contribution in [0.3, 0.4) is 0 Å². The Bertz CT molecular complexity index is 1410. The SMILES string of the molecule is O=C(NCCn1ncc2c(=O)n(Cc3ccc(Cl)cc3)cnc21)c1ccc(Cl)c([N+](=O)[O-])c1. The van der Waals surface area contributed by atoms with Crippen LogP contribution >= 0.6 is 23.2 Å². The summed E-state index contributed by atoms with van der Waals surface area (Å²) in [6, 6.07) is 11.0. The molecular formula is C21H16Cl2N6O4. The first kappa shape index (κ1) is 22.4. The lowest BCUT2D eigenvalue weighted by Gasteiger charge is -2.08. The van der Waals surface area contributed by atoms with Crippen molar-refractivity contribution in [3.8, 4) is 0 Å². The Morgan fingerprint density at radius 1 is 1.15 bits per heavy atom. The van der Waals surface area contributed by atoms with E-state index in [-0.39, 0.29) is 34.9 Å². The fraction of sp³-hybridized carbons (Fsp3) is 0.143. The monoisotopic (exact) mass is 486 g/mol. The predicted octanol–water partition coefficient (Wildman–Crippen LogP) is 3.29. The number of carbonyl (C=O) groups excluding carboxylic acids is 1. The van der Waals surface area contributed by atoms with Crippen molar-refractivity contribution >= 4 is 45.8 Å². The minimum Gasteiger partial charge on any atom is -0.350 e. The molecule has 0 aliphatic rings. The van der Waals surface area contributed by atoms with E-state index in [4.69, 9.17) is 23.2 Å². The van der Waals surface area contributed by atoms with Gasteiger partial charge in [0.25, 0.3) is 17.2 Å². The van der Waals surface area contributed by atoms with Gasteiger partial charge in [-0.15, -0.1) is 0 Å². The number of hydrogen-bond acceptors (Lipinski definition) is 6. The zero-order valence-electron chi connectivity index (χ0n) is 16.9. The number of benzene rings is 2. The number of nitrogens with zero attached hydrogens (tertiary/aromatic N) is 5. The zero-order chi connectivity index (χ0) is 23.5. The van der Waals surface area contributed by atoms with Crippen LogP contribution in [-0.2, 0) is 13.1 Å². The van der Waals surface area contributed by atoms with Crippen molar-refractivity contribution in [1.29, 1.82) is 0 Å². The smallest absolute Gasteiger partial charge is 0.288 e. The number of hydrogen-bond donors (Lipinski definition) is 1. The summed E-state index contributed by atoms with van der Waals surface area (Å²) in [6.45, 7) is 0.757. The van der Waals surface area contributed by atoms with Crippen molar-refractivity contribution in [2.75, 3.05) is 6.54 Å². The van der Waals surface area contributed by atoms with Gasteiger partial charge in [-0.3, -0.25) is 24.3 Å². The van der Waals surface area contributed by atoms with Crippen LogP contribution in [0.25, 0.3) is 11.0 Å². The summed E-state index contributed by atoms with van der Waals surface area (Å²) in [5.41, 5.74) is 0.823. The molecule has 33 heavy (non-hydrogen) atoms. The van der Waals surface area contributed by atoms with E-state index >= 15 is 0 Å². The van der Waals surface area contributed by atoms with Gasteiger partial charge >= 0.3 is 0 Å². The molecule has 4 aromatic rings. The number of nitrogens with one attached hydrogen (secondary N) is 1. The highest BCUT2D eigenvalue weighted by atomic mass is 35.5. The van der Waals surface area contributed by atoms with E-state index in [1.165, 1.54) is 33.9 Å². The molecule has 2 aromatic heterocycles. The molecule has 10 nitrogen and oxygen atoms in total. The molecule has 4 rings (SSSR count). The number of carbonyl (C=O) groups is 1. The third kappa shape index (κ3) is 4.86. The molecule has 0 radical (unpaired) electrons. The predicted molar refractivity (Wildman–Crippen MR) is 123 cm³/mol. The van der Waals surface area contributed by atoms with E-state index < -0.39 is 10.8 Å². The van der Waals surface area contributed by atoms with Gasteiger partial charge in [-0.1, -0.05) is 35.3 Å². The minimum atomic E-state index is -0.652. The normalized spacial score (nSPS) is 11.0. The molecule has 1 amide bonds. The third-order valence-corrected chi connectivity index (χ3v) is 5.47. The molecule has 168 valence electrons. The number of amides is 1. The molecule has 0 fully saturated rings. The molecular weight excluding hydrogens is 471 g/mol. The lowest BCUT2D eigenvalue weighted by molar-refractivity contribution is -0.384. The van der Waals surface area contributed by atoms with E-state index in [1.807, 2.05) is 12.1 Å². The van der Waals surface area contributed by atoms with Crippen LogP contribution in [0.15, 0.2) is 59.8 Å². The summed E-state index contributed by atoms with van der Waals surface area (Å²) in [6.07, 6.45) is 2.89.